The minimum absolute atomic E-state index is 0.0335. The summed E-state index contributed by atoms with van der Waals surface area (Å²) in [5, 5.41) is 0. The maximum Gasteiger partial charge on any atom is 0.330 e. The molecule has 1 aromatic heterocycles. The van der Waals surface area contributed by atoms with E-state index in [2.05, 4.69) is 6.58 Å². The molecule has 5 heteroatoms. The molecule has 0 bridgehead atoms. The molecule has 1 rings (SSSR count). The fourth-order valence-electron chi connectivity index (χ4n) is 1.36. The number of Topliss-reactive ketones (excluding diaryl/α,β-unsaturated/α-hetero) is 1. The molecule has 86 valence electrons. The van der Waals surface area contributed by atoms with Crippen molar-refractivity contribution in [2.24, 2.45) is 7.05 Å². The lowest BCUT2D eigenvalue weighted by molar-refractivity contribution is 0.101. The molecule has 0 fully saturated rings. The zero-order valence-corrected chi connectivity index (χ0v) is 9.40. The van der Waals surface area contributed by atoms with Crippen molar-refractivity contribution >= 4 is 5.78 Å². The molecule has 0 aliphatic heterocycles. The SMILES string of the molecule is C=CCCn1cc(C(C)=O)c(=O)n(C)c1=O. The second kappa shape index (κ2) is 4.74. The van der Waals surface area contributed by atoms with Crippen molar-refractivity contribution in [2.75, 3.05) is 0 Å². The van der Waals surface area contributed by atoms with Crippen molar-refractivity contribution in [3.63, 3.8) is 0 Å². The van der Waals surface area contributed by atoms with Crippen LogP contribution in [0.3, 0.4) is 0 Å². The molecule has 0 unspecified atom stereocenters. The summed E-state index contributed by atoms with van der Waals surface area (Å²) in [6.45, 7) is 5.27. The number of carbonyl (C=O) groups excluding carboxylic acids is 1. The summed E-state index contributed by atoms with van der Waals surface area (Å²) in [6.07, 6.45) is 3.59. The minimum Gasteiger partial charge on any atom is -0.299 e. The number of hydrogen-bond donors (Lipinski definition) is 0. The van der Waals surface area contributed by atoms with Gasteiger partial charge < -0.3 is 0 Å². The van der Waals surface area contributed by atoms with E-state index in [0.717, 1.165) is 4.57 Å². The number of aromatic nitrogens is 2. The topological polar surface area (TPSA) is 61.1 Å². The Labute approximate surface area is 92.6 Å². The van der Waals surface area contributed by atoms with Crippen LogP contribution in [0.2, 0.25) is 0 Å². The van der Waals surface area contributed by atoms with Crippen molar-refractivity contribution in [1.29, 1.82) is 0 Å². The van der Waals surface area contributed by atoms with Gasteiger partial charge in [-0.3, -0.25) is 18.7 Å². The third kappa shape index (κ3) is 2.18. The predicted octanol–water partition coefficient (Wildman–Crippen LogP) is 0.326. The van der Waals surface area contributed by atoms with Crippen molar-refractivity contribution in [3.05, 3.63) is 45.3 Å². The van der Waals surface area contributed by atoms with E-state index in [9.17, 15) is 14.4 Å². The number of rotatable bonds is 4. The van der Waals surface area contributed by atoms with Gasteiger partial charge in [-0.25, -0.2) is 4.79 Å². The first-order valence-electron chi connectivity index (χ1n) is 4.91. The van der Waals surface area contributed by atoms with Crippen LogP contribution in [-0.4, -0.2) is 14.9 Å². The van der Waals surface area contributed by atoms with Gasteiger partial charge in [0.05, 0.1) is 5.56 Å². The zero-order valence-electron chi connectivity index (χ0n) is 9.40. The Bertz CT molecular complexity index is 537. The fourth-order valence-corrected chi connectivity index (χ4v) is 1.36. The summed E-state index contributed by atoms with van der Waals surface area (Å²) >= 11 is 0. The van der Waals surface area contributed by atoms with Crippen LogP contribution in [-0.2, 0) is 13.6 Å². The maximum atomic E-state index is 11.7. The van der Waals surface area contributed by atoms with E-state index in [1.54, 1.807) is 6.08 Å². The van der Waals surface area contributed by atoms with Crippen LogP contribution < -0.4 is 11.2 Å². The normalized spacial score (nSPS) is 10.1. The number of carbonyl (C=O) groups is 1. The van der Waals surface area contributed by atoms with Gasteiger partial charge in [0.25, 0.3) is 5.56 Å². The Balaban J connectivity index is 3.41. The summed E-state index contributed by atoms with van der Waals surface area (Å²) < 4.78 is 2.29. The van der Waals surface area contributed by atoms with Crippen LogP contribution in [0.5, 0.6) is 0 Å². The highest BCUT2D eigenvalue weighted by molar-refractivity contribution is 5.93. The van der Waals surface area contributed by atoms with Crippen molar-refractivity contribution in [3.8, 4) is 0 Å². The third-order valence-corrected chi connectivity index (χ3v) is 2.31. The molecule has 1 aromatic rings. The molecule has 0 saturated carbocycles. The Kier molecular flexibility index (Phi) is 3.60. The summed E-state index contributed by atoms with van der Waals surface area (Å²) in [5.41, 5.74) is -0.935. The Morgan fingerprint density at radius 1 is 1.50 bits per heavy atom. The zero-order chi connectivity index (χ0) is 12.3. The lowest BCUT2D eigenvalue weighted by Gasteiger charge is -2.07. The van der Waals surface area contributed by atoms with E-state index in [1.165, 1.54) is 24.7 Å². The van der Waals surface area contributed by atoms with Crippen molar-refractivity contribution in [2.45, 2.75) is 19.9 Å². The molecule has 0 aromatic carbocycles. The van der Waals surface area contributed by atoms with E-state index in [1.807, 2.05) is 0 Å². The molecule has 0 atom stereocenters. The first-order valence-corrected chi connectivity index (χ1v) is 4.91. The molecule has 0 amide bonds. The molecule has 16 heavy (non-hydrogen) atoms. The van der Waals surface area contributed by atoms with E-state index in [0.29, 0.717) is 13.0 Å². The molecule has 1 heterocycles. The van der Waals surface area contributed by atoms with Crippen LogP contribution in [0, 0.1) is 0 Å². The number of nitrogens with zero attached hydrogens (tertiary/aromatic N) is 2. The molecule has 0 aliphatic carbocycles. The second-order valence-electron chi connectivity index (χ2n) is 3.52. The highest BCUT2D eigenvalue weighted by Gasteiger charge is 2.11. The molecule has 0 radical (unpaired) electrons. The minimum atomic E-state index is -0.549. The summed E-state index contributed by atoms with van der Waals surface area (Å²) in [7, 11) is 1.36. The number of hydrogen-bond acceptors (Lipinski definition) is 3. The standard InChI is InChI=1S/C11H14N2O3/c1-4-5-6-13-7-9(8(2)14)10(15)12(3)11(13)16/h4,7H,1,5-6H2,2-3H3. The second-order valence-corrected chi connectivity index (χ2v) is 3.52. The molecule has 0 N–H and O–H groups in total. The van der Waals surface area contributed by atoms with Gasteiger partial charge in [-0.2, -0.15) is 0 Å². The van der Waals surface area contributed by atoms with E-state index in [4.69, 9.17) is 0 Å². The first kappa shape index (κ1) is 12.2. The summed E-state index contributed by atoms with van der Waals surface area (Å²) in [4.78, 5) is 34.4. The fraction of sp³-hybridized carbons (Fsp3) is 0.364. The number of ketones is 1. The highest BCUT2D eigenvalue weighted by atomic mass is 16.2. The lowest BCUT2D eigenvalue weighted by Crippen LogP contribution is -2.40. The Hall–Kier alpha value is -1.91. The number of aryl methyl sites for hydroxylation is 1. The lowest BCUT2D eigenvalue weighted by atomic mass is 10.2. The van der Waals surface area contributed by atoms with Crippen LogP contribution in [0.4, 0.5) is 0 Å². The van der Waals surface area contributed by atoms with Gasteiger partial charge in [0.1, 0.15) is 0 Å². The van der Waals surface area contributed by atoms with Gasteiger partial charge in [-0.1, -0.05) is 6.08 Å². The molecular formula is C11H14N2O3. The van der Waals surface area contributed by atoms with Gasteiger partial charge in [-0.05, 0) is 13.3 Å². The van der Waals surface area contributed by atoms with Gasteiger partial charge >= 0.3 is 5.69 Å². The van der Waals surface area contributed by atoms with E-state index < -0.39 is 11.2 Å². The Morgan fingerprint density at radius 3 is 2.62 bits per heavy atom. The highest BCUT2D eigenvalue weighted by Crippen LogP contribution is 1.93. The van der Waals surface area contributed by atoms with Crippen LogP contribution in [0.25, 0.3) is 0 Å². The summed E-state index contributed by atoms with van der Waals surface area (Å²) in [6, 6.07) is 0. The van der Waals surface area contributed by atoms with Gasteiger partial charge in [0.2, 0.25) is 0 Å². The molecule has 0 saturated heterocycles. The largest absolute Gasteiger partial charge is 0.330 e. The van der Waals surface area contributed by atoms with Crippen LogP contribution >= 0.6 is 0 Å². The smallest absolute Gasteiger partial charge is 0.299 e. The van der Waals surface area contributed by atoms with Gasteiger partial charge in [-0.15, -0.1) is 6.58 Å². The average molecular weight is 222 g/mol. The maximum absolute atomic E-state index is 11.7. The Morgan fingerprint density at radius 2 is 2.12 bits per heavy atom. The monoisotopic (exact) mass is 222 g/mol. The molecular weight excluding hydrogens is 208 g/mol. The average Bonchev–Trinajstić information content (AvgIpc) is 2.24. The van der Waals surface area contributed by atoms with Crippen molar-refractivity contribution in [1.82, 2.24) is 9.13 Å². The van der Waals surface area contributed by atoms with Crippen LogP contribution in [0.1, 0.15) is 23.7 Å². The third-order valence-electron chi connectivity index (χ3n) is 2.31. The molecule has 0 aliphatic rings. The number of allylic oxidation sites excluding steroid dienone is 1. The van der Waals surface area contributed by atoms with Crippen LogP contribution in [0.15, 0.2) is 28.4 Å². The molecule has 5 nitrogen and oxygen atoms in total. The van der Waals surface area contributed by atoms with Gasteiger partial charge in [0.15, 0.2) is 5.78 Å². The predicted molar refractivity (Wildman–Crippen MR) is 60.8 cm³/mol. The first-order chi connectivity index (χ1) is 7.49. The summed E-state index contributed by atoms with van der Waals surface area (Å²) in [5.74, 6) is -0.340. The molecule has 0 spiro atoms. The van der Waals surface area contributed by atoms with E-state index >= 15 is 0 Å². The van der Waals surface area contributed by atoms with E-state index in [-0.39, 0.29) is 11.3 Å². The van der Waals surface area contributed by atoms with Gasteiger partial charge in [0, 0.05) is 19.8 Å². The quantitative estimate of drug-likeness (QED) is 0.544. The van der Waals surface area contributed by atoms with Crippen molar-refractivity contribution < 1.29 is 4.79 Å².